The van der Waals surface area contributed by atoms with Gasteiger partial charge in [-0.15, -0.1) is 0 Å². The number of amides is 1. The third kappa shape index (κ3) is 8.19. The van der Waals surface area contributed by atoms with Crippen LogP contribution >= 0.6 is 0 Å². The molecule has 0 fully saturated rings. The monoisotopic (exact) mass is 476 g/mol. The van der Waals surface area contributed by atoms with E-state index in [1.54, 1.807) is 54.6 Å². The van der Waals surface area contributed by atoms with Gasteiger partial charge in [-0.05, 0) is 66.6 Å². The molecule has 8 heteroatoms. The molecule has 182 valence electrons. The highest BCUT2D eigenvalue weighted by Gasteiger charge is 2.13. The molecule has 0 aromatic heterocycles. The van der Waals surface area contributed by atoms with E-state index in [4.69, 9.17) is 18.9 Å². The van der Waals surface area contributed by atoms with Gasteiger partial charge in [0.15, 0.2) is 18.1 Å². The SMILES string of the molecule is CCCCOc1ccc(C(=O)Oc2ccc(C=NNC(=O)COc3ccccc3)cc2OC)cc1. The number of rotatable bonds is 12. The third-order valence-corrected chi connectivity index (χ3v) is 4.76. The van der Waals surface area contributed by atoms with Crippen LogP contribution in [0.5, 0.6) is 23.0 Å². The van der Waals surface area contributed by atoms with E-state index in [0.29, 0.717) is 35.0 Å². The first-order valence-corrected chi connectivity index (χ1v) is 11.2. The molecular formula is C27H28N2O6. The van der Waals surface area contributed by atoms with Crippen LogP contribution in [-0.2, 0) is 4.79 Å². The largest absolute Gasteiger partial charge is 0.494 e. The minimum atomic E-state index is -0.518. The quantitative estimate of drug-likeness (QED) is 0.135. The Morgan fingerprint density at radius 3 is 2.37 bits per heavy atom. The lowest BCUT2D eigenvalue weighted by Crippen LogP contribution is -2.24. The van der Waals surface area contributed by atoms with Gasteiger partial charge in [0.25, 0.3) is 5.91 Å². The molecule has 8 nitrogen and oxygen atoms in total. The second-order valence-electron chi connectivity index (χ2n) is 7.42. The summed E-state index contributed by atoms with van der Waals surface area (Å²) in [4.78, 5) is 24.4. The molecule has 3 rings (SSSR count). The Balaban J connectivity index is 1.53. The summed E-state index contributed by atoms with van der Waals surface area (Å²) in [7, 11) is 1.47. The molecule has 0 unspecified atom stereocenters. The first-order valence-electron chi connectivity index (χ1n) is 11.2. The van der Waals surface area contributed by atoms with Crippen LogP contribution in [0.25, 0.3) is 0 Å². The smallest absolute Gasteiger partial charge is 0.343 e. The zero-order valence-corrected chi connectivity index (χ0v) is 19.7. The Kier molecular flexibility index (Phi) is 9.68. The topological polar surface area (TPSA) is 95.5 Å². The van der Waals surface area contributed by atoms with Gasteiger partial charge in [-0.2, -0.15) is 5.10 Å². The molecule has 3 aromatic rings. The fraction of sp³-hybridized carbons (Fsp3) is 0.222. The summed E-state index contributed by atoms with van der Waals surface area (Å²) in [6, 6.07) is 20.7. The number of carbonyl (C=O) groups excluding carboxylic acids is 2. The fourth-order valence-corrected chi connectivity index (χ4v) is 2.91. The summed E-state index contributed by atoms with van der Waals surface area (Å²) in [5.74, 6) is 0.992. The van der Waals surface area contributed by atoms with Crippen molar-refractivity contribution in [1.82, 2.24) is 5.43 Å². The molecule has 0 saturated carbocycles. The number of nitrogens with zero attached hydrogens (tertiary/aromatic N) is 1. The molecule has 0 spiro atoms. The van der Waals surface area contributed by atoms with Crippen molar-refractivity contribution in [3.05, 3.63) is 83.9 Å². The highest BCUT2D eigenvalue weighted by Crippen LogP contribution is 2.28. The number of hydrogen-bond donors (Lipinski definition) is 1. The Morgan fingerprint density at radius 2 is 1.66 bits per heavy atom. The molecule has 3 aromatic carbocycles. The Labute approximate surface area is 204 Å². The number of hydrazone groups is 1. The van der Waals surface area contributed by atoms with E-state index in [9.17, 15) is 9.59 Å². The molecule has 1 N–H and O–H groups in total. The number of hydrogen-bond acceptors (Lipinski definition) is 7. The van der Waals surface area contributed by atoms with Crippen molar-refractivity contribution in [2.24, 2.45) is 5.10 Å². The summed E-state index contributed by atoms with van der Waals surface area (Å²) in [6.07, 6.45) is 3.47. The first kappa shape index (κ1) is 25.3. The number of unbranched alkanes of at least 4 members (excludes halogenated alkanes) is 1. The van der Waals surface area contributed by atoms with Crippen LogP contribution in [0, 0.1) is 0 Å². The van der Waals surface area contributed by atoms with E-state index < -0.39 is 11.9 Å². The molecule has 0 bridgehead atoms. The lowest BCUT2D eigenvalue weighted by atomic mass is 10.2. The maximum absolute atomic E-state index is 12.5. The summed E-state index contributed by atoms with van der Waals surface area (Å²) < 4.78 is 21.8. The third-order valence-electron chi connectivity index (χ3n) is 4.76. The standard InChI is InChI=1S/C27H28N2O6/c1-3-4-16-33-23-13-11-21(12-14-23)27(31)35-24-15-10-20(17-25(24)32-2)18-28-29-26(30)19-34-22-8-6-5-7-9-22/h5-15,17-18H,3-4,16,19H2,1-2H3,(H,29,30). The van der Waals surface area contributed by atoms with Crippen molar-refractivity contribution in [3.8, 4) is 23.0 Å². The van der Waals surface area contributed by atoms with Gasteiger partial charge in [0.1, 0.15) is 11.5 Å². The van der Waals surface area contributed by atoms with Crippen LogP contribution in [-0.4, -0.2) is 38.4 Å². The number of esters is 1. The van der Waals surface area contributed by atoms with Gasteiger partial charge >= 0.3 is 5.97 Å². The lowest BCUT2D eigenvalue weighted by molar-refractivity contribution is -0.123. The van der Waals surface area contributed by atoms with E-state index in [0.717, 1.165) is 12.8 Å². The molecule has 0 atom stereocenters. The molecule has 1 amide bonds. The molecule has 0 radical (unpaired) electrons. The van der Waals surface area contributed by atoms with Crippen LogP contribution in [0.4, 0.5) is 0 Å². The average Bonchev–Trinajstić information content (AvgIpc) is 2.89. The molecular weight excluding hydrogens is 448 g/mol. The van der Waals surface area contributed by atoms with Crippen LogP contribution in [0.1, 0.15) is 35.7 Å². The Hall–Kier alpha value is -4.33. The number of methoxy groups -OCH3 is 1. The van der Waals surface area contributed by atoms with Gasteiger partial charge in [0.05, 0.1) is 25.5 Å². The summed E-state index contributed by atoms with van der Waals surface area (Å²) in [6.45, 7) is 2.57. The zero-order valence-electron chi connectivity index (χ0n) is 19.7. The van der Waals surface area contributed by atoms with Gasteiger partial charge in [-0.1, -0.05) is 31.5 Å². The van der Waals surface area contributed by atoms with Crippen molar-refractivity contribution in [2.75, 3.05) is 20.3 Å². The fourth-order valence-electron chi connectivity index (χ4n) is 2.91. The Morgan fingerprint density at radius 1 is 0.914 bits per heavy atom. The molecule has 0 aliphatic carbocycles. The average molecular weight is 477 g/mol. The van der Waals surface area contributed by atoms with E-state index in [-0.39, 0.29) is 12.4 Å². The molecule has 0 saturated heterocycles. The van der Waals surface area contributed by atoms with Crippen molar-refractivity contribution in [2.45, 2.75) is 19.8 Å². The summed E-state index contributed by atoms with van der Waals surface area (Å²) in [5, 5.41) is 3.92. The van der Waals surface area contributed by atoms with Gasteiger partial charge in [-0.25, -0.2) is 10.2 Å². The lowest BCUT2D eigenvalue weighted by Gasteiger charge is -2.10. The summed E-state index contributed by atoms with van der Waals surface area (Å²) >= 11 is 0. The number of benzene rings is 3. The second kappa shape index (κ2) is 13.4. The van der Waals surface area contributed by atoms with Crippen molar-refractivity contribution >= 4 is 18.1 Å². The van der Waals surface area contributed by atoms with Crippen LogP contribution < -0.4 is 24.4 Å². The van der Waals surface area contributed by atoms with Gasteiger partial charge in [-0.3, -0.25) is 4.79 Å². The highest BCUT2D eigenvalue weighted by molar-refractivity contribution is 5.92. The van der Waals surface area contributed by atoms with Gasteiger partial charge in [0.2, 0.25) is 0 Å². The van der Waals surface area contributed by atoms with Crippen LogP contribution in [0.3, 0.4) is 0 Å². The van der Waals surface area contributed by atoms with Crippen molar-refractivity contribution in [1.29, 1.82) is 0 Å². The number of ether oxygens (including phenoxy) is 4. The van der Waals surface area contributed by atoms with E-state index in [1.807, 2.05) is 18.2 Å². The van der Waals surface area contributed by atoms with Gasteiger partial charge < -0.3 is 18.9 Å². The van der Waals surface area contributed by atoms with Crippen LogP contribution in [0.2, 0.25) is 0 Å². The van der Waals surface area contributed by atoms with Crippen molar-refractivity contribution < 1.29 is 28.5 Å². The normalized spacial score (nSPS) is 10.6. The minimum Gasteiger partial charge on any atom is -0.494 e. The molecule has 35 heavy (non-hydrogen) atoms. The predicted octanol–water partition coefficient (Wildman–Crippen LogP) is 4.62. The molecule has 0 aliphatic rings. The number of carbonyl (C=O) groups is 2. The molecule has 0 aliphatic heterocycles. The van der Waals surface area contributed by atoms with Gasteiger partial charge in [0, 0.05) is 0 Å². The maximum Gasteiger partial charge on any atom is 0.343 e. The summed E-state index contributed by atoms with van der Waals surface area (Å²) in [5.41, 5.74) is 3.42. The van der Waals surface area contributed by atoms with E-state index in [1.165, 1.54) is 13.3 Å². The first-order chi connectivity index (χ1) is 17.1. The second-order valence-corrected chi connectivity index (χ2v) is 7.42. The maximum atomic E-state index is 12.5. The minimum absolute atomic E-state index is 0.161. The number of nitrogens with one attached hydrogen (secondary N) is 1. The molecule has 0 heterocycles. The van der Waals surface area contributed by atoms with E-state index >= 15 is 0 Å². The highest BCUT2D eigenvalue weighted by atomic mass is 16.6. The predicted molar refractivity (Wildman–Crippen MR) is 132 cm³/mol. The zero-order chi connectivity index (χ0) is 24.9. The Bertz CT molecular complexity index is 1130. The van der Waals surface area contributed by atoms with Crippen LogP contribution in [0.15, 0.2) is 77.9 Å². The number of para-hydroxylation sites is 1. The van der Waals surface area contributed by atoms with Crippen molar-refractivity contribution in [3.63, 3.8) is 0 Å². The van der Waals surface area contributed by atoms with E-state index in [2.05, 4.69) is 17.5 Å².